The molecule has 66 valence electrons. The Labute approximate surface area is 96.2 Å². The molecule has 0 bridgehead atoms. The maximum Gasteiger partial charge on any atom is 0.259 e. The molecule has 0 heterocycles. The zero-order valence-corrected chi connectivity index (χ0v) is 11.4. The minimum absolute atomic E-state index is 0. The van der Waals surface area contributed by atoms with Gasteiger partial charge in [-0.15, -0.1) is 0 Å². The van der Waals surface area contributed by atoms with E-state index in [4.69, 9.17) is 10.5 Å². The summed E-state index contributed by atoms with van der Waals surface area (Å²) < 4.78 is 5.15. The van der Waals surface area contributed by atoms with E-state index in [0.29, 0.717) is 0 Å². The van der Waals surface area contributed by atoms with Crippen LogP contribution in [-0.4, -0.2) is 5.17 Å². The normalized spacial score (nSPS) is 8.69. The van der Waals surface area contributed by atoms with Crippen molar-refractivity contribution in [1.29, 1.82) is 0 Å². The Kier molecular flexibility index (Phi) is 5.84. The summed E-state index contributed by atoms with van der Waals surface area (Å²) in [6, 6.07) is 7.71. The van der Waals surface area contributed by atoms with Gasteiger partial charge in [0, 0.05) is 19.5 Å². The fourth-order valence-electron chi connectivity index (χ4n) is 1.00. The van der Waals surface area contributed by atoms with Crippen LogP contribution in [0.5, 0.6) is 5.75 Å². The van der Waals surface area contributed by atoms with Gasteiger partial charge >= 0.3 is 0 Å². The second kappa shape index (κ2) is 6.06. The number of rotatable bonds is 2. The van der Waals surface area contributed by atoms with Gasteiger partial charge in [0.25, 0.3) is 5.17 Å². The molecule has 4 heteroatoms. The van der Waals surface area contributed by atoms with Crippen molar-refractivity contribution in [3.63, 3.8) is 0 Å². The monoisotopic (exact) mass is 245 g/mol. The molecule has 0 amide bonds. The van der Waals surface area contributed by atoms with Crippen molar-refractivity contribution >= 4 is 17.4 Å². The molecule has 2 nitrogen and oxygen atoms in total. The molecule has 0 saturated carbocycles. The molecule has 1 rings (SSSR count). The minimum atomic E-state index is 0. The molecule has 0 atom stereocenters. The Balaban J connectivity index is 0.00000144. The van der Waals surface area contributed by atoms with Crippen molar-refractivity contribution < 1.29 is 24.2 Å². The van der Waals surface area contributed by atoms with E-state index in [0.717, 1.165) is 17.7 Å². The van der Waals surface area contributed by atoms with Crippen molar-refractivity contribution in [1.82, 2.24) is 0 Å². The van der Waals surface area contributed by atoms with Crippen molar-refractivity contribution in [3.05, 3.63) is 29.8 Å². The first kappa shape index (κ1) is 12.5. The fourth-order valence-corrected chi connectivity index (χ4v) is 1.09. The Morgan fingerprint density at radius 3 is 2.62 bits per heavy atom. The van der Waals surface area contributed by atoms with Crippen LogP contribution in [0.25, 0.3) is 0 Å². The molecular weight excluding hydrogens is 236 g/mol. The molecule has 0 saturated heterocycles. The minimum Gasteiger partial charge on any atom is -0.432 e. The standard InChI is InChI=1S/C9H11NOS.Zn/c1-2-7-5-3-4-6-8(7)11-9(10)12;/h3-6H,2H2,1H3,(H2,10,12);. The van der Waals surface area contributed by atoms with E-state index < -0.39 is 0 Å². The van der Waals surface area contributed by atoms with Crippen molar-refractivity contribution in [2.75, 3.05) is 0 Å². The predicted molar refractivity (Wildman–Crippen MR) is 53.2 cm³/mol. The molecular formula is C9H11NOSZn. The van der Waals surface area contributed by atoms with Crippen LogP contribution in [-0.2, 0) is 25.9 Å². The maximum absolute atomic E-state index is 5.26. The maximum atomic E-state index is 5.26. The molecule has 2 N–H and O–H groups in total. The van der Waals surface area contributed by atoms with Gasteiger partial charge in [0.2, 0.25) is 0 Å². The number of ether oxygens (including phenoxy) is 1. The van der Waals surface area contributed by atoms with Gasteiger partial charge in [0.05, 0.1) is 0 Å². The first-order valence-corrected chi connectivity index (χ1v) is 4.20. The Bertz CT molecular complexity index is 291. The number of nitrogens with two attached hydrogens (primary N) is 1. The predicted octanol–water partition coefficient (Wildman–Crippen LogP) is 1.87. The number of thiocarbonyl (C=S) groups is 1. The largest absolute Gasteiger partial charge is 0.432 e. The van der Waals surface area contributed by atoms with Gasteiger partial charge in [0.15, 0.2) is 0 Å². The quantitative estimate of drug-likeness (QED) is 0.639. The van der Waals surface area contributed by atoms with Crippen molar-refractivity contribution in [2.24, 2.45) is 5.73 Å². The Morgan fingerprint density at radius 2 is 2.08 bits per heavy atom. The van der Waals surface area contributed by atoms with Gasteiger partial charge < -0.3 is 10.5 Å². The molecule has 13 heavy (non-hydrogen) atoms. The molecule has 0 aliphatic rings. The molecule has 0 aliphatic carbocycles. The number of hydrogen-bond donors (Lipinski definition) is 1. The van der Waals surface area contributed by atoms with Crippen molar-refractivity contribution in [2.45, 2.75) is 13.3 Å². The topological polar surface area (TPSA) is 35.2 Å². The van der Waals surface area contributed by atoms with Gasteiger partial charge in [-0.2, -0.15) is 0 Å². The van der Waals surface area contributed by atoms with E-state index in [2.05, 4.69) is 19.1 Å². The summed E-state index contributed by atoms with van der Waals surface area (Å²) in [7, 11) is 0. The molecule has 1 aromatic rings. The van der Waals surface area contributed by atoms with Crippen LogP contribution in [0.1, 0.15) is 12.5 Å². The molecule has 0 aromatic heterocycles. The Hall–Kier alpha value is -0.467. The average Bonchev–Trinajstić information content (AvgIpc) is 2.04. The SMILES string of the molecule is CCc1ccccc1OC(N)=S.[Zn]. The third-order valence-electron chi connectivity index (χ3n) is 1.56. The zero-order valence-electron chi connectivity index (χ0n) is 7.62. The van der Waals surface area contributed by atoms with E-state index in [-0.39, 0.29) is 24.7 Å². The zero-order chi connectivity index (χ0) is 8.97. The molecule has 0 unspecified atom stereocenters. The molecule has 1 aromatic carbocycles. The third kappa shape index (κ3) is 3.83. The van der Waals surface area contributed by atoms with Crippen LogP contribution in [0.4, 0.5) is 0 Å². The summed E-state index contributed by atoms with van der Waals surface area (Å²) in [6.45, 7) is 2.06. The molecule has 0 spiro atoms. The van der Waals surface area contributed by atoms with Gasteiger partial charge in [-0.05, 0) is 30.3 Å². The van der Waals surface area contributed by atoms with E-state index in [9.17, 15) is 0 Å². The summed E-state index contributed by atoms with van der Waals surface area (Å²) in [5.41, 5.74) is 6.37. The van der Waals surface area contributed by atoms with E-state index >= 15 is 0 Å². The van der Waals surface area contributed by atoms with Gasteiger partial charge in [-0.1, -0.05) is 25.1 Å². The van der Waals surface area contributed by atoms with Crippen LogP contribution in [0.3, 0.4) is 0 Å². The summed E-state index contributed by atoms with van der Waals surface area (Å²) in [4.78, 5) is 0. The van der Waals surface area contributed by atoms with Crippen LogP contribution in [0.15, 0.2) is 24.3 Å². The number of hydrogen-bond acceptors (Lipinski definition) is 2. The average molecular weight is 247 g/mol. The number of para-hydroxylation sites is 1. The summed E-state index contributed by atoms with van der Waals surface area (Å²) in [5.74, 6) is 0.757. The van der Waals surface area contributed by atoms with Crippen LogP contribution in [0, 0.1) is 0 Å². The molecule has 0 radical (unpaired) electrons. The summed E-state index contributed by atoms with van der Waals surface area (Å²) >= 11 is 4.64. The summed E-state index contributed by atoms with van der Waals surface area (Å²) in [5, 5.41) is 0.0656. The van der Waals surface area contributed by atoms with Crippen LogP contribution >= 0.6 is 12.2 Å². The first-order chi connectivity index (χ1) is 5.74. The van der Waals surface area contributed by atoms with Crippen LogP contribution in [0.2, 0.25) is 0 Å². The fraction of sp³-hybridized carbons (Fsp3) is 0.222. The van der Waals surface area contributed by atoms with E-state index in [1.807, 2.05) is 24.3 Å². The third-order valence-corrected chi connectivity index (χ3v) is 1.65. The Morgan fingerprint density at radius 1 is 1.46 bits per heavy atom. The first-order valence-electron chi connectivity index (χ1n) is 3.79. The van der Waals surface area contributed by atoms with Gasteiger partial charge in [-0.25, -0.2) is 0 Å². The van der Waals surface area contributed by atoms with Crippen molar-refractivity contribution in [3.8, 4) is 5.75 Å². The number of aryl methyl sites for hydroxylation is 1. The van der Waals surface area contributed by atoms with E-state index in [1.165, 1.54) is 0 Å². The van der Waals surface area contributed by atoms with Gasteiger partial charge in [-0.3, -0.25) is 0 Å². The van der Waals surface area contributed by atoms with E-state index in [1.54, 1.807) is 0 Å². The molecule has 0 aliphatic heterocycles. The van der Waals surface area contributed by atoms with Gasteiger partial charge in [0.1, 0.15) is 5.75 Å². The number of benzene rings is 1. The molecule has 0 fully saturated rings. The second-order valence-electron chi connectivity index (χ2n) is 2.38. The van der Waals surface area contributed by atoms with Crippen LogP contribution < -0.4 is 10.5 Å². The second-order valence-corrected chi connectivity index (χ2v) is 2.78. The summed E-state index contributed by atoms with van der Waals surface area (Å²) in [6.07, 6.45) is 0.915. The smallest absolute Gasteiger partial charge is 0.259 e.